The molecule has 4 rings (SSSR count). The Hall–Kier alpha value is -3.78. The minimum absolute atomic E-state index is 0.115. The molecule has 0 saturated heterocycles. The van der Waals surface area contributed by atoms with Crippen LogP contribution in [0.4, 0.5) is 5.69 Å². The number of rotatable bonds is 9. The third-order valence-electron chi connectivity index (χ3n) is 5.08. The van der Waals surface area contributed by atoms with Crippen molar-refractivity contribution >= 4 is 23.4 Å². The van der Waals surface area contributed by atoms with Crippen LogP contribution in [0.15, 0.2) is 84.0 Å². The van der Waals surface area contributed by atoms with Crippen molar-refractivity contribution in [3.63, 3.8) is 0 Å². The van der Waals surface area contributed by atoms with Crippen molar-refractivity contribution in [3.8, 4) is 17.2 Å². The van der Waals surface area contributed by atoms with Gasteiger partial charge in [-0.05, 0) is 50.2 Å². The lowest BCUT2D eigenvalue weighted by Crippen LogP contribution is -2.15. The quantitative estimate of drug-likeness (QED) is 0.325. The van der Waals surface area contributed by atoms with E-state index in [4.69, 9.17) is 9.47 Å². The number of ether oxygens (including phenoxy) is 2. The van der Waals surface area contributed by atoms with E-state index in [-0.39, 0.29) is 11.7 Å². The van der Waals surface area contributed by atoms with Gasteiger partial charge in [0, 0.05) is 11.4 Å². The molecule has 0 aliphatic heterocycles. The molecule has 0 saturated carbocycles. The van der Waals surface area contributed by atoms with E-state index in [1.165, 1.54) is 11.8 Å². The van der Waals surface area contributed by atoms with Gasteiger partial charge in [0.1, 0.15) is 0 Å². The molecule has 0 radical (unpaired) electrons. The molecule has 1 atom stereocenters. The number of hydrogen-bond donors (Lipinski definition) is 1. The number of hydrogen-bond acceptors (Lipinski definition) is 6. The highest BCUT2D eigenvalue weighted by Crippen LogP contribution is 2.32. The predicted molar refractivity (Wildman–Crippen MR) is 134 cm³/mol. The molecule has 0 aliphatic rings. The molecule has 1 aromatic heterocycles. The van der Waals surface area contributed by atoms with Crippen molar-refractivity contribution in [3.05, 3.63) is 90.3 Å². The Morgan fingerprint density at radius 3 is 2.35 bits per heavy atom. The SMILES string of the molecule is COc1ccccc1OC(C)c1nnc(SCC(=O)Nc2ccc(C)cc2)n1-c1ccccc1. The van der Waals surface area contributed by atoms with Gasteiger partial charge >= 0.3 is 0 Å². The minimum atomic E-state index is -0.417. The average molecular weight is 475 g/mol. The number of benzene rings is 3. The second kappa shape index (κ2) is 10.9. The maximum absolute atomic E-state index is 12.5. The van der Waals surface area contributed by atoms with Crippen molar-refractivity contribution in [2.75, 3.05) is 18.2 Å². The lowest BCUT2D eigenvalue weighted by Gasteiger charge is -2.18. The Labute approximate surface area is 203 Å². The normalized spacial score (nSPS) is 11.6. The molecule has 7 nitrogen and oxygen atoms in total. The zero-order valence-electron chi connectivity index (χ0n) is 19.3. The third kappa shape index (κ3) is 5.58. The molecule has 0 fully saturated rings. The fourth-order valence-corrected chi connectivity index (χ4v) is 4.14. The molecule has 0 bridgehead atoms. The summed E-state index contributed by atoms with van der Waals surface area (Å²) in [6, 6.07) is 25.0. The number of thioether (sulfide) groups is 1. The van der Waals surface area contributed by atoms with Crippen LogP contribution in [-0.2, 0) is 4.79 Å². The molecule has 0 spiro atoms. The van der Waals surface area contributed by atoms with Crippen LogP contribution in [0.25, 0.3) is 5.69 Å². The highest BCUT2D eigenvalue weighted by Gasteiger charge is 2.22. The first kappa shape index (κ1) is 23.4. The van der Waals surface area contributed by atoms with E-state index in [0.717, 1.165) is 16.9 Å². The Morgan fingerprint density at radius 1 is 0.971 bits per heavy atom. The van der Waals surface area contributed by atoms with Crippen LogP contribution >= 0.6 is 11.8 Å². The summed E-state index contributed by atoms with van der Waals surface area (Å²) in [6.45, 7) is 3.92. The summed E-state index contributed by atoms with van der Waals surface area (Å²) in [6.07, 6.45) is -0.417. The Balaban J connectivity index is 1.54. The van der Waals surface area contributed by atoms with E-state index in [9.17, 15) is 4.79 Å². The van der Waals surface area contributed by atoms with Gasteiger partial charge in [-0.25, -0.2) is 0 Å². The fraction of sp³-hybridized carbons (Fsp3) is 0.192. The monoisotopic (exact) mass is 474 g/mol. The van der Waals surface area contributed by atoms with E-state index in [1.54, 1.807) is 7.11 Å². The number of aryl methyl sites for hydroxylation is 1. The predicted octanol–water partition coefficient (Wildman–Crippen LogP) is 5.46. The molecule has 34 heavy (non-hydrogen) atoms. The number of nitrogens with one attached hydrogen (secondary N) is 1. The second-order valence-corrected chi connectivity index (χ2v) is 8.57. The maximum atomic E-state index is 12.5. The first-order chi connectivity index (χ1) is 16.5. The number of carbonyl (C=O) groups excluding carboxylic acids is 1. The maximum Gasteiger partial charge on any atom is 0.234 e. The first-order valence-corrected chi connectivity index (χ1v) is 11.8. The lowest BCUT2D eigenvalue weighted by atomic mass is 10.2. The molecule has 1 heterocycles. The van der Waals surface area contributed by atoms with Gasteiger partial charge in [0.25, 0.3) is 0 Å². The lowest BCUT2D eigenvalue weighted by molar-refractivity contribution is -0.113. The largest absolute Gasteiger partial charge is 0.493 e. The van der Waals surface area contributed by atoms with Gasteiger partial charge < -0.3 is 14.8 Å². The number of amides is 1. The van der Waals surface area contributed by atoms with Crippen LogP contribution in [0, 0.1) is 6.92 Å². The third-order valence-corrected chi connectivity index (χ3v) is 6.01. The van der Waals surface area contributed by atoms with Crippen LogP contribution in [0.3, 0.4) is 0 Å². The molecule has 1 N–H and O–H groups in total. The topological polar surface area (TPSA) is 78.3 Å². The summed E-state index contributed by atoms with van der Waals surface area (Å²) < 4.78 is 13.5. The molecule has 1 unspecified atom stereocenters. The Kier molecular flexibility index (Phi) is 7.49. The number of para-hydroxylation sites is 3. The van der Waals surface area contributed by atoms with E-state index in [2.05, 4.69) is 15.5 Å². The fourth-order valence-electron chi connectivity index (χ4n) is 3.38. The molecule has 4 aromatic rings. The zero-order valence-corrected chi connectivity index (χ0v) is 20.1. The smallest absolute Gasteiger partial charge is 0.234 e. The molecule has 174 valence electrons. The summed E-state index contributed by atoms with van der Waals surface area (Å²) in [4.78, 5) is 12.5. The van der Waals surface area contributed by atoms with Crippen LogP contribution in [0.1, 0.15) is 24.4 Å². The highest BCUT2D eigenvalue weighted by atomic mass is 32.2. The van der Waals surface area contributed by atoms with Gasteiger partial charge in [-0.1, -0.05) is 59.8 Å². The molecular weight excluding hydrogens is 448 g/mol. The average Bonchev–Trinajstić information content (AvgIpc) is 3.29. The number of anilines is 1. The number of aromatic nitrogens is 3. The van der Waals surface area contributed by atoms with Gasteiger partial charge in [0.15, 0.2) is 28.6 Å². The summed E-state index contributed by atoms with van der Waals surface area (Å²) in [7, 11) is 1.61. The van der Waals surface area contributed by atoms with Gasteiger partial charge in [0.2, 0.25) is 5.91 Å². The van der Waals surface area contributed by atoms with Crippen LogP contribution in [0.5, 0.6) is 11.5 Å². The van der Waals surface area contributed by atoms with Gasteiger partial charge in [0.05, 0.1) is 12.9 Å². The summed E-state index contributed by atoms with van der Waals surface area (Å²) >= 11 is 1.32. The molecule has 0 aliphatic carbocycles. The van der Waals surface area contributed by atoms with E-state index >= 15 is 0 Å². The number of carbonyl (C=O) groups is 1. The zero-order chi connectivity index (χ0) is 23.9. The minimum Gasteiger partial charge on any atom is -0.493 e. The van der Waals surface area contributed by atoms with Crippen molar-refractivity contribution < 1.29 is 14.3 Å². The molecular formula is C26H26N4O3S. The Morgan fingerprint density at radius 2 is 1.65 bits per heavy atom. The van der Waals surface area contributed by atoms with Crippen LogP contribution < -0.4 is 14.8 Å². The molecule has 1 amide bonds. The van der Waals surface area contributed by atoms with Crippen LogP contribution in [0.2, 0.25) is 0 Å². The summed E-state index contributed by atoms with van der Waals surface area (Å²) in [5.41, 5.74) is 2.79. The van der Waals surface area contributed by atoms with Crippen molar-refractivity contribution in [2.45, 2.75) is 25.1 Å². The molecule has 8 heteroatoms. The highest BCUT2D eigenvalue weighted by molar-refractivity contribution is 7.99. The van der Waals surface area contributed by atoms with Gasteiger partial charge in [-0.15, -0.1) is 10.2 Å². The number of methoxy groups -OCH3 is 1. The number of nitrogens with zero attached hydrogens (tertiary/aromatic N) is 3. The summed E-state index contributed by atoms with van der Waals surface area (Å²) in [5, 5.41) is 12.3. The van der Waals surface area contributed by atoms with Crippen molar-refractivity contribution in [1.82, 2.24) is 14.8 Å². The van der Waals surface area contributed by atoms with Gasteiger partial charge in [-0.2, -0.15) is 0 Å². The first-order valence-electron chi connectivity index (χ1n) is 10.8. The Bertz CT molecular complexity index is 1240. The van der Waals surface area contributed by atoms with E-state index in [1.807, 2.05) is 97.3 Å². The van der Waals surface area contributed by atoms with Crippen LogP contribution in [-0.4, -0.2) is 33.5 Å². The van der Waals surface area contributed by atoms with Crippen molar-refractivity contribution in [2.24, 2.45) is 0 Å². The summed E-state index contributed by atoms with van der Waals surface area (Å²) in [5.74, 6) is 1.96. The molecule has 3 aromatic carbocycles. The second-order valence-electron chi connectivity index (χ2n) is 7.63. The van der Waals surface area contributed by atoms with E-state index < -0.39 is 6.10 Å². The van der Waals surface area contributed by atoms with E-state index in [0.29, 0.717) is 22.5 Å². The van der Waals surface area contributed by atoms with Crippen molar-refractivity contribution in [1.29, 1.82) is 0 Å². The standard InChI is InChI=1S/C26H26N4O3S/c1-18-13-15-20(16-14-18)27-24(31)17-34-26-29-28-25(30(26)21-9-5-4-6-10-21)19(2)33-23-12-8-7-11-22(23)32-3/h4-16,19H,17H2,1-3H3,(H,27,31). The van der Waals surface area contributed by atoms with Gasteiger partial charge in [-0.3, -0.25) is 9.36 Å².